The van der Waals surface area contributed by atoms with Crippen molar-refractivity contribution in [1.82, 2.24) is 15.4 Å². The molecule has 1 saturated heterocycles. The SMILES string of the molecule is COc1ccc(CNC(=O)c2cc([C@@H]3CCCN(Cc4cccc(OC)c4)C3)no2)cc1. The average Bonchev–Trinajstić information content (AvgIpc) is 3.34. The van der Waals surface area contributed by atoms with Gasteiger partial charge in [-0.1, -0.05) is 29.4 Å². The standard InChI is InChI=1S/C25H29N3O4/c1-30-21-10-8-18(9-11-21)15-26-25(29)24-14-23(27-32-24)20-6-4-12-28(17-20)16-19-5-3-7-22(13-19)31-2/h3,5,7-11,13-14,20H,4,6,12,15-17H2,1-2H3,(H,26,29)/t20-/m1/s1. The minimum absolute atomic E-state index is 0.249. The van der Waals surface area contributed by atoms with E-state index >= 15 is 0 Å². The van der Waals surface area contributed by atoms with E-state index in [0.29, 0.717) is 6.54 Å². The summed E-state index contributed by atoms with van der Waals surface area (Å²) in [5, 5.41) is 7.09. The molecule has 7 nitrogen and oxygen atoms in total. The maximum absolute atomic E-state index is 12.5. The van der Waals surface area contributed by atoms with E-state index in [1.54, 1.807) is 20.3 Å². The lowest BCUT2D eigenvalue weighted by atomic mass is 9.94. The van der Waals surface area contributed by atoms with Crippen molar-refractivity contribution in [2.45, 2.75) is 31.8 Å². The predicted molar refractivity (Wildman–Crippen MR) is 121 cm³/mol. The number of ether oxygens (including phenoxy) is 2. The van der Waals surface area contributed by atoms with Gasteiger partial charge in [-0.05, 0) is 54.8 Å². The monoisotopic (exact) mass is 435 g/mol. The van der Waals surface area contributed by atoms with Crippen LogP contribution in [0.25, 0.3) is 0 Å². The molecule has 1 aliphatic rings. The van der Waals surface area contributed by atoms with Crippen molar-refractivity contribution in [2.75, 3.05) is 27.3 Å². The number of amides is 1. The van der Waals surface area contributed by atoms with Crippen LogP contribution < -0.4 is 14.8 Å². The molecule has 0 radical (unpaired) electrons. The molecule has 1 aromatic heterocycles. The average molecular weight is 436 g/mol. The Hall–Kier alpha value is -3.32. The van der Waals surface area contributed by atoms with E-state index in [2.05, 4.69) is 27.5 Å². The van der Waals surface area contributed by atoms with Gasteiger partial charge in [0.2, 0.25) is 5.76 Å². The molecular formula is C25H29N3O4. The number of likely N-dealkylation sites (tertiary alicyclic amines) is 1. The number of carbonyl (C=O) groups excluding carboxylic acids is 1. The Bertz CT molecular complexity index is 1030. The fraction of sp³-hybridized carbons (Fsp3) is 0.360. The summed E-state index contributed by atoms with van der Waals surface area (Å²) in [6.45, 7) is 3.20. The number of hydrogen-bond acceptors (Lipinski definition) is 6. The van der Waals surface area contributed by atoms with Gasteiger partial charge in [-0.25, -0.2) is 0 Å². The van der Waals surface area contributed by atoms with Crippen molar-refractivity contribution in [1.29, 1.82) is 0 Å². The van der Waals surface area contributed by atoms with Gasteiger partial charge in [0.1, 0.15) is 11.5 Å². The molecule has 4 rings (SSSR count). The highest BCUT2D eigenvalue weighted by Crippen LogP contribution is 2.28. The first-order valence-electron chi connectivity index (χ1n) is 10.9. The number of methoxy groups -OCH3 is 2. The van der Waals surface area contributed by atoms with Crippen LogP contribution in [0.3, 0.4) is 0 Å². The van der Waals surface area contributed by atoms with Crippen LogP contribution in [0.4, 0.5) is 0 Å². The van der Waals surface area contributed by atoms with Gasteiger partial charge < -0.3 is 19.3 Å². The van der Waals surface area contributed by atoms with Gasteiger partial charge in [0.15, 0.2) is 0 Å². The van der Waals surface area contributed by atoms with Gasteiger partial charge in [-0.15, -0.1) is 0 Å². The van der Waals surface area contributed by atoms with Crippen molar-refractivity contribution in [3.05, 3.63) is 77.2 Å². The van der Waals surface area contributed by atoms with Crippen LogP contribution in [0, 0.1) is 0 Å². The van der Waals surface area contributed by atoms with Gasteiger partial charge in [0, 0.05) is 31.6 Å². The molecule has 1 fully saturated rings. The molecule has 1 amide bonds. The molecule has 32 heavy (non-hydrogen) atoms. The Labute approximate surface area is 188 Å². The first-order valence-corrected chi connectivity index (χ1v) is 10.9. The topological polar surface area (TPSA) is 76.8 Å². The zero-order valence-electron chi connectivity index (χ0n) is 18.5. The van der Waals surface area contributed by atoms with Crippen LogP contribution in [-0.2, 0) is 13.1 Å². The number of benzene rings is 2. The first-order chi connectivity index (χ1) is 15.6. The Morgan fingerprint density at radius 3 is 2.69 bits per heavy atom. The van der Waals surface area contributed by atoms with Crippen LogP contribution >= 0.6 is 0 Å². The van der Waals surface area contributed by atoms with Gasteiger partial charge in [-0.2, -0.15) is 0 Å². The van der Waals surface area contributed by atoms with E-state index in [1.165, 1.54) is 5.56 Å². The maximum Gasteiger partial charge on any atom is 0.290 e. The number of nitrogens with one attached hydrogen (secondary N) is 1. The van der Waals surface area contributed by atoms with Crippen molar-refractivity contribution >= 4 is 5.91 Å². The normalized spacial score (nSPS) is 16.5. The minimum atomic E-state index is -0.261. The lowest BCUT2D eigenvalue weighted by molar-refractivity contribution is 0.0913. The van der Waals surface area contributed by atoms with E-state index in [1.807, 2.05) is 36.4 Å². The van der Waals surface area contributed by atoms with Crippen LogP contribution in [-0.4, -0.2) is 43.3 Å². The summed E-state index contributed by atoms with van der Waals surface area (Å²) in [5.74, 6) is 1.90. The summed E-state index contributed by atoms with van der Waals surface area (Å²) in [7, 11) is 3.31. The third kappa shape index (κ3) is 5.48. The van der Waals surface area contributed by atoms with Gasteiger partial charge in [0.25, 0.3) is 5.91 Å². The Kier molecular flexibility index (Phi) is 7.07. The van der Waals surface area contributed by atoms with Crippen molar-refractivity contribution in [3.8, 4) is 11.5 Å². The molecule has 2 heterocycles. The molecule has 1 aliphatic heterocycles. The summed E-state index contributed by atoms with van der Waals surface area (Å²) in [4.78, 5) is 14.9. The van der Waals surface area contributed by atoms with E-state index in [0.717, 1.165) is 55.2 Å². The number of piperidine rings is 1. The molecule has 0 saturated carbocycles. The summed E-state index contributed by atoms with van der Waals surface area (Å²) in [5.41, 5.74) is 3.05. The fourth-order valence-corrected chi connectivity index (χ4v) is 4.07. The molecule has 0 spiro atoms. The van der Waals surface area contributed by atoms with Gasteiger partial charge in [0.05, 0.1) is 19.9 Å². The molecule has 1 atom stereocenters. The van der Waals surface area contributed by atoms with Crippen LogP contribution in [0.2, 0.25) is 0 Å². The summed E-state index contributed by atoms with van der Waals surface area (Å²) in [6.07, 6.45) is 2.12. The predicted octanol–water partition coefficient (Wildman–Crippen LogP) is 4.00. The molecular weight excluding hydrogens is 406 g/mol. The maximum atomic E-state index is 12.5. The van der Waals surface area contributed by atoms with E-state index in [4.69, 9.17) is 14.0 Å². The molecule has 1 N–H and O–H groups in total. The highest BCUT2D eigenvalue weighted by atomic mass is 16.5. The van der Waals surface area contributed by atoms with Gasteiger partial charge >= 0.3 is 0 Å². The summed E-state index contributed by atoms with van der Waals surface area (Å²) >= 11 is 0. The minimum Gasteiger partial charge on any atom is -0.497 e. The third-order valence-electron chi connectivity index (χ3n) is 5.83. The molecule has 2 aromatic carbocycles. The molecule has 3 aromatic rings. The molecule has 0 unspecified atom stereocenters. The molecule has 0 aliphatic carbocycles. The van der Waals surface area contributed by atoms with Crippen LogP contribution in [0.15, 0.2) is 59.1 Å². The largest absolute Gasteiger partial charge is 0.497 e. The van der Waals surface area contributed by atoms with Gasteiger partial charge in [-0.3, -0.25) is 9.69 Å². The second-order valence-electron chi connectivity index (χ2n) is 8.07. The van der Waals surface area contributed by atoms with E-state index in [-0.39, 0.29) is 17.6 Å². The second kappa shape index (κ2) is 10.3. The smallest absolute Gasteiger partial charge is 0.290 e. The summed E-state index contributed by atoms with van der Waals surface area (Å²) in [6, 6.07) is 17.5. The Morgan fingerprint density at radius 2 is 1.91 bits per heavy atom. The number of rotatable bonds is 8. The highest BCUT2D eigenvalue weighted by Gasteiger charge is 2.25. The van der Waals surface area contributed by atoms with Crippen LogP contribution in [0.1, 0.15) is 46.1 Å². The number of hydrogen-bond donors (Lipinski definition) is 1. The summed E-state index contributed by atoms with van der Waals surface area (Å²) < 4.78 is 15.9. The fourth-order valence-electron chi connectivity index (χ4n) is 4.07. The molecule has 7 heteroatoms. The number of aromatic nitrogens is 1. The zero-order chi connectivity index (χ0) is 22.3. The lowest BCUT2D eigenvalue weighted by Crippen LogP contribution is -2.34. The Balaban J connectivity index is 1.33. The first kappa shape index (κ1) is 21.9. The van der Waals surface area contributed by atoms with E-state index in [9.17, 15) is 4.79 Å². The van der Waals surface area contributed by atoms with Crippen LogP contribution in [0.5, 0.6) is 11.5 Å². The van der Waals surface area contributed by atoms with Crippen molar-refractivity contribution in [3.63, 3.8) is 0 Å². The van der Waals surface area contributed by atoms with E-state index < -0.39 is 0 Å². The Morgan fingerprint density at radius 1 is 1.09 bits per heavy atom. The number of carbonyl (C=O) groups is 1. The quantitative estimate of drug-likeness (QED) is 0.576. The molecule has 168 valence electrons. The highest BCUT2D eigenvalue weighted by molar-refractivity contribution is 5.91. The molecule has 0 bridgehead atoms. The number of nitrogens with zero attached hydrogens (tertiary/aromatic N) is 2. The second-order valence-corrected chi connectivity index (χ2v) is 8.07. The van der Waals surface area contributed by atoms with Crippen molar-refractivity contribution < 1.29 is 18.8 Å². The zero-order valence-corrected chi connectivity index (χ0v) is 18.5. The lowest BCUT2D eigenvalue weighted by Gasteiger charge is -2.31. The van der Waals surface area contributed by atoms with Crippen molar-refractivity contribution in [2.24, 2.45) is 0 Å². The third-order valence-corrected chi connectivity index (χ3v) is 5.83.